The zero-order valence-electron chi connectivity index (χ0n) is 16.0. The van der Waals surface area contributed by atoms with Crippen molar-refractivity contribution >= 4 is 17.9 Å². The van der Waals surface area contributed by atoms with Crippen LogP contribution in [0.1, 0.15) is 44.6 Å². The third-order valence-electron chi connectivity index (χ3n) is 5.17. The summed E-state index contributed by atoms with van der Waals surface area (Å²) in [6.07, 6.45) is 3.12. The summed E-state index contributed by atoms with van der Waals surface area (Å²) < 4.78 is 0. The van der Waals surface area contributed by atoms with Crippen LogP contribution in [-0.4, -0.2) is 47.0 Å². The summed E-state index contributed by atoms with van der Waals surface area (Å²) in [6.45, 7) is 2.49. The van der Waals surface area contributed by atoms with Crippen molar-refractivity contribution in [2.45, 2.75) is 51.1 Å². The van der Waals surface area contributed by atoms with Crippen LogP contribution in [-0.2, 0) is 16.1 Å². The zero-order valence-corrected chi connectivity index (χ0v) is 16.0. The fourth-order valence-electron chi connectivity index (χ4n) is 3.61. The standard InChI is InChI=1S/C20H29N3O4/c1-20(12-7-6-10-16(20)18(25)26)22-17(24)11-13-21-19(27)23(2)14-15-8-4-3-5-9-15/h3-5,8-9,16H,6-7,10-14H2,1-2H3,(H,21,27)(H,22,24)(H,25,26). The summed E-state index contributed by atoms with van der Waals surface area (Å²) in [5.74, 6) is -1.67. The Kier molecular flexibility index (Phi) is 7.21. The van der Waals surface area contributed by atoms with Gasteiger partial charge in [-0.15, -0.1) is 0 Å². The molecule has 1 saturated carbocycles. The maximum Gasteiger partial charge on any atom is 0.317 e. The molecule has 7 heteroatoms. The van der Waals surface area contributed by atoms with E-state index in [1.807, 2.05) is 30.3 Å². The minimum Gasteiger partial charge on any atom is -0.481 e. The van der Waals surface area contributed by atoms with Crippen molar-refractivity contribution < 1.29 is 19.5 Å². The second-order valence-corrected chi connectivity index (χ2v) is 7.43. The van der Waals surface area contributed by atoms with Crippen molar-refractivity contribution in [3.05, 3.63) is 35.9 Å². The molecule has 0 bridgehead atoms. The van der Waals surface area contributed by atoms with Gasteiger partial charge in [-0.2, -0.15) is 0 Å². The smallest absolute Gasteiger partial charge is 0.317 e. The number of urea groups is 1. The van der Waals surface area contributed by atoms with E-state index in [0.717, 1.165) is 18.4 Å². The van der Waals surface area contributed by atoms with Crippen LogP contribution in [0, 0.1) is 5.92 Å². The molecule has 1 aromatic rings. The fourth-order valence-corrected chi connectivity index (χ4v) is 3.61. The van der Waals surface area contributed by atoms with Gasteiger partial charge in [0, 0.05) is 26.6 Å². The number of nitrogens with one attached hydrogen (secondary N) is 2. The van der Waals surface area contributed by atoms with Crippen LogP contribution < -0.4 is 10.6 Å². The summed E-state index contributed by atoms with van der Waals surface area (Å²) in [4.78, 5) is 37.4. The molecule has 3 amide bonds. The Balaban J connectivity index is 1.76. The number of carbonyl (C=O) groups excluding carboxylic acids is 2. The van der Waals surface area contributed by atoms with Crippen LogP contribution in [0.4, 0.5) is 4.79 Å². The monoisotopic (exact) mass is 375 g/mol. The average Bonchev–Trinajstić information content (AvgIpc) is 2.62. The van der Waals surface area contributed by atoms with Crippen molar-refractivity contribution in [1.82, 2.24) is 15.5 Å². The van der Waals surface area contributed by atoms with E-state index in [0.29, 0.717) is 19.4 Å². The van der Waals surface area contributed by atoms with E-state index in [2.05, 4.69) is 10.6 Å². The Labute approximate surface area is 160 Å². The number of amides is 3. The third kappa shape index (κ3) is 5.98. The van der Waals surface area contributed by atoms with E-state index in [9.17, 15) is 19.5 Å². The molecule has 1 aliphatic carbocycles. The van der Waals surface area contributed by atoms with Crippen LogP contribution in [0.3, 0.4) is 0 Å². The molecule has 0 spiro atoms. The quantitative estimate of drug-likeness (QED) is 0.681. The Morgan fingerprint density at radius 3 is 2.59 bits per heavy atom. The number of carboxylic acids is 1. The highest BCUT2D eigenvalue weighted by Crippen LogP contribution is 2.33. The number of benzene rings is 1. The lowest BCUT2D eigenvalue weighted by Crippen LogP contribution is -2.55. The number of carboxylic acid groups (broad SMARTS) is 1. The van der Waals surface area contributed by atoms with E-state index in [4.69, 9.17) is 0 Å². The van der Waals surface area contributed by atoms with Gasteiger partial charge in [0.25, 0.3) is 0 Å². The minimum atomic E-state index is -0.867. The predicted molar refractivity (Wildman–Crippen MR) is 102 cm³/mol. The SMILES string of the molecule is CN(Cc1ccccc1)C(=O)NCCC(=O)NC1(C)CCCCC1C(=O)O. The van der Waals surface area contributed by atoms with Gasteiger partial charge in [-0.25, -0.2) is 4.79 Å². The van der Waals surface area contributed by atoms with Gasteiger partial charge in [-0.3, -0.25) is 9.59 Å². The van der Waals surface area contributed by atoms with Gasteiger partial charge in [0.2, 0.25) is 5.91 Å². The minimum absolute atomic E-state index is 0.118. The zero-order chi connectivity index (χ0) is 19.9. The van der Waals surface area contributed by atoms with E-state index in [-0.39, 0.29) is 24.9 Å². The van der Waals surface area contributed by atoms with Crippen LogP contribution >= 0.6 is 0 Å². The van der Waals surface area contributed by atoms with Crippen molar-refractivity contribution in [3.8, 4) is 0 Å². The molecule has 3 N–H and O–H groups in total. The first-order valence-corrected chi connectivity index (χ1v) is 9.38. The molecule has 2 unspecified atom stereocenters. The molecular weight excluding hydrogens is 346 g/mol. The number of rotatable bonds is 7. The maximum absolute atomic E-state index is 12.3. The van der Waals surface area contributed by atoms with Crippen molar-refractivity contribution in [3.63, 3.8) is 0 Å². The fraction of sp³-hybridized carbons (Fsp3) is 0.550. The summed E-state index contributed by atoms with van der Waals surface area (Å²) >= 11 is 0. The Hall–Kier alpha value is -2.57. The van der Waals surface area contributed by atoms with Gasteiger partial charge in [-0.1, -0.05) is 43.2 Å². The first kappa shape index (κ1) is 20.7. The molecule has 2 atom stereocenters. The van der Waals surface area contributed by atoms with Gasteiger partial charge in [-0.05, 0) is 25.3 Å². The van der Waals surface area contributed by atoms with Gasteiger partial charge in [0.05, 0.1) is 11.5 Å². The highest BCUT2D eigenvalue weighted by Gasteiger charge is 2.41. The van der Waals surface area contributed by atoms with Gasteiger partial charge >= 0.3 is 12.0 Å². The first-order chi connectivity index (χ1) is 12.8. The lowest BCUT2D eigenvalue weighted by atomic mass is 9.74. The Bertz CT molecular complexity index is 664. The molecule has 148 valence electrons. The average molecular weight is 375 g/mol. The second-order valence-electron chi connectivity index (χ2n) is 7.43. The molecule has 1 aromatic carbocycles. The lowest BCUT2D eigenvalue weighted by Gasteiger charge is -2.39. The summed E-state index contributed by atoms with van der Waals surface area (Å²) in [6, 6.07) is 9.40. The van der Waals surface area contributed by atoms with Crippen molar-refractivity contribution in [2.24, 2.45) is 5.92 Å². The van der Waals surface area contributed by atoms with Gasteiger partial charge in [0.15, 0.2) is 0 Å². The molecule has 0 aromatic heterocycles. The molecule has 0 aliphatic heterocycles. The van der Waals surface area contributed by atoms with Crippen molar-refractivity contribution in [2.75, 3.05) is 13.6 Å². The first-order valence-electron chi connectivity index (χ1n) is 9.38. The van der Waals surface area contributed by atoms with Crippen LogP contribution in [0.5, 0.6) is 0 Å². The van der Waals surface area contributed by atoms with E-state index in [1.54, 1.807) is 18.9 Å². The molecular formula is C20H29N3O4. The van der Waals surface area contributed by atoms with E-state index in [1.165, 1.54) is 0 Å². The maximum atomic E-state index is 12.3. The highest BCUT2D eigenvalue weighted by molar-refractivity contribution is 5.80. The number of carbonyl (C=O) groups is 3. The number of nitrogens with zero attached hydrogens (tertiary/aromatic N) is 1. The van der Waals surface area contributed by atoms with E-state index < -0.39 is 17.4 Å². The normalized spacial score (nSPS) is 21.9. The highest BCUT2D eigenvalue weighted by atomic mass is 16.4. The van der Waals surface area contributed by atoms with Crippen LogP contribution in [0.15, 0.2) is 30.3 Å². The third-order valence-corrected chi connectivity index (χ3v) is 5.17. The molecule has 27 heavy (non-hydrogen) atoms. The van der Waals surface area contributed by atoms with Crippen LogP contribution in [0.25, 0.3) is 0 Å². The molecule has 1 aliphatic rings. The Morgan fingerprint density at radius 2 is 1.93 bits per heavy atom. The summed E-state index contributed by atoms with van der Waals surface area (Å²) in [7, 11) is 1.70. The van der Waals surface area contributed by atoms with Gasteiger partial charge < -0.3 is 20.6 Å². The summed E-state index contributed by atoms with van der Waals surface area (Å²) in [5, 5.41) is 15.0. The molecule has 7 nitrogen and oxygen atoms in total. The number of hydrogen-bond donors (Lipinski definition) is 3. The van der Waals surface area contributed by atoms with E-state index >= 15 is 0 Å². The molecule has 1 fully saturated rings. The Morgan fingerprint density at radius 1 is 1.22 bits per heavy atom. The number of hydrogen-bond acceptors (Lipinski definition) is 3. The topological polar surface area (TPSA) is 98.7 Å². The molecule has 2 rings (SSSR count). The molecule has 0 heterocycles. The lowest BCUT2D eigenvalue weighted by molar-refractivity contribution is -0.146. The predicted octanol–water partition coefficient (Wildman–Crippen LogP) is 2.37. The molecule has 0 radical (unpaired) electrons. The van der Waals surface area contributed by atoms with Gasteiger partial charge in [0.1, 0.15) is 0 Å². The van der Waals surface area contributed by atoms with Crippen molar-refractivity contribution in [1.29, 1.82) is 0 Å². The molecule has 0 saturated heterocycles. The largest absolute Gasteiger partial charge is 0.481 e. The second kappa shape index (κ2) is 9.39. The van der Waals surface area contributed by atoms with Crippen LogP contribution in [0.2, 0.25) is 0 Å². The summed E-state index contributed by atoms with van der Waals surface area (Å²) in [5.41, 5.74) is 0.299. The number of aliphatic carboxylic acids is 1.